The minimum atomic E-state index is -0.819. The van der Waals surface area contributed by atoms with Crippen LogP contribution in [-0.4, -0.2) is 10.9 Å². The lowest BCUT2D eigenvalue weighted by Crippen LogP contribution is -2.42. The Labute approximate surface area is 124 Å². The minimum Gasteiger partial charge on any atom is -0.347 e. The lowest BCUT2D eigenvalue weighted by molar-refractivity contribution is -0.130. The summed E-state index contributed by atoms with van der Waals surface area (Å²) in [6.07, 6.45) is 4.42. The van der Waals surface area contributed by atoms with E-state index in [1.807, 2.05) is 20.8 Å². The maximum Gasteiger partial charge on any atom is 0.240 e. The second kappa shape index (κ2) is 5.92. The summed E-state index contributed by atoms with van der Waals surface area (Å²) < 4.78 is 0. The van der Waals surface area contributed by atoms with E-state index < -0.39 is 5.41 Å². The number of aryl methyl sites for hydroxylation is 2. The third-order valence-electron chi connectivity index (χ3n) is 4.04. The molecule has 1 amide bonds. The van der Waals surface area contributed by atoms with E-state index in [9.17, 15) is 10.1 Å². The number of rotatable bonds is 3. The number of nitriles is 1. The molecule has 0 spiro atoms. The summed E-state index contributed by atoms with van der Waals surface area (Å²) in [5, 5.41) is 13.5. The molecule has 1 N–H and O–H groups in total. The maximum absolute atomic E-state index is 12.5. The normalized spacial score (nSPS) is 19.1. The lowest BCUT2D eigenvalue weighted by atomic mass is 9.74. The molecule has 0 aromatic carbocycles. The van der Waals surface area contributed by atoms with Crippen molar-refractivity contribution in [2.75, 3.05) is 0 Å². The Hall–Kier alpha value is -1.41. The first kappa shape index (κ1) is 15.0. The van der Waals surface area contributed by atoms with Crippen molar-refractivity contribution in [3.63, 3.8) is 0 Å². The minimum absolute atomic E-state index is 0.0825. The highest BCUT2D eigenvalue weighted by molar-refractivity contribution is 7.11. The standard InChI is InChI=1S/C15H21N3OS/c1-10-13(20-12(3)17-10)11(2)18-14(19)15(9-16)7-5-4-6-8-15/h11H,4-8H2,1-3H3,(H,18,19). The van der Waals surface area contributed by atoms with E-state index in [4.69, 9.17) is 0 Å². The molecule has 5 heteroatoms. The van der Waals surface area contributed by atoms with Crippen LogP contribution in [0.1, 0.15) is 60.6 Å². The molecule has 1 heterocycles. The van der Waals surface area contributed by atoms with E-state index in [1.54, 1.807) is 11.3 Å². The van der Waals surface area contributed by atoms with Gasteiger partial charge in [0.2, 0.25) is 5.91 Å². The van der Waals surface area contributed by atoms with Gasteiger partial charge in [-0.25, -0.2) is 4.98 Å². The number of thiazole rings is 1. The molecular formula is C15H21N3OS. The number of hydrogen-bond acceptors (Lipinski definition) is 4. The van der Waals surface area contributed by atoms with Gasteiger partial charge in [0, 0.05) is 4.88 Å². The Morgan fingerprint density at radius 3 is 2.55 bits per heavy atom. The topological polar surface area (TPSA) is 65.8 Å². The van der Waals surface area contributed by atoms with Gasteiger partial charge in [-0.2, -0.15) is 5.26 Å². The third-order valence-corrected chi connectivity index (χ3v) is 5.29. The molecule has 0 radical (unpaired) electrons. The molecule has 20 heavy (non-hydrogen) atoms. The van der Waals surface area contributed by atoms with Crippen molar-refractivity contribution in [3.8, 4) is 6.07 Å². The molecule has 1 aromatic rings. The Morgan fingerprint density at radius 2 is 2.05 bits per heavy atom. The zero-order chi connectivity index (χ0) is 14.8. The van der Waals surface area contributed by atoms with Gasteiger partial charge in [-0.1, -0.05) is 19.3 Å². The molecular weight excluding hydrogens is 270 g/mol. The smallest absolute Gasteiger partial charge is 0.240 e. The van der Waals surface area contributed by atoms with Gasteiger partial charge in [-0.05, 0) is 33.6 Å². The number of nitrogens with one attached hydrogen (secondary N) is 1. The van der Waals surface area contributed by atoms with Gasteiger partial charge in [0.15, 0.2) is 0 Å². The molecule has 1 saturated carbocycles. The molecule has 0 aliphatic heterocycles. The Kier molecular flexibility index (Phi) is 4.44. The van der Waals surface area contributed by atoms with Gasteiger partial charge < -0.3 is 5.32 Å². The highest BCUT2D eigenvalue weighted by Gasteiger charge is 2.40. The monoisotopic (exact) mass is 291 g/mol. The average molecular weight is 291 g/mol. The van der Waals surface area contributed by atoms with E-state index in [-0.39, 0.29) is 11.9 Å². The fourth-order valence-corrected chi connectivity index (χ4v) is 3.82. The molecule has 1 aliphatic rings. The van der Waals surface area contributed by atoms with E-state index in [0.29, 0.717) is 12.8 Å². The second-order valence-corrected chi connectivity index (χ2v) is 6.87. The van der Waals surface area contributed by atoms with Crippen LogP contribution in [0.25, 0.3) is 0 Å². The average Bonchev–Trinajstić information content (AvgIpc) is 2.78. The van der Waals surface area contributed by atoms with Crippen LogP contribution in [-0.2, 0) is 4.79 Å². The van der Waals surface area contributed by atoms with Gasteiger partial charge in [-0.3, -0.25) is 4.79 Å². The molecule has 4 nitrogen and oxygen atoms in total. The molecule has 1 fully saturated rings. The number of amides is 1. The Bertz CT molecular complexity index is 538. The van der Waals surface area contributed by atoms with Crippen LogP contribution in [0.5, 0.6) is 0 Å². The summed E-state index contributed by atoms with van der Waals surface area (Å²) in [5.41, 5.74) is 0.148. The second-order valence-electron chi connectivity index (χ2n) is 5.63. The largest absolute Gasteiger partial charge is 0.347 e. The predicted octanol–water partition coefficient (Wildman–Crippen LogP) is 3.41. The zero-order valence-electron chi connectivity index (χ0n) is 12.3. The summed E-state index contributed by atoms with van der Waals surface area (Å²) in [6, 6.07) is 2.19. The van der Waals surface area contributed by atoms with E-state index in [0.717, 1.165) is 34.8 Å². The zero-order valence-corrected chi connectivity index (χ0v) is 13.1. The number of carbonyl (C=O) groups excluding carboxylic acids is 1. The third kappa shape index (κ3) is 2.85. The van der Waals surface area contributed by atoms with Crippen molar-refractivity contribution < 1.29 is 4.79 Å². The van der Waals surface area contributed by atoms with Crippen LogP contribution in [0.2, 0.25) is 0 Å². The molecule has 0 saturated heterocycles. The van der Waals surface area contributed by atoms with Gasteiger partial charge in [0.05, 0.1) is 22.8 Å². The summed E-state index contributed by atoms with van der Waals surface area (Å²) in [5.74, 6) is -0.113. The fraction of sp³-hybridized carbons (Fsp3) is 0.667. The van der Waals surface area contributed by atoms with Crippen LogP contribution < -0.4 is 5.32 Å². The van der Waals surface area contributed by atoms with Crippen molar-refractivity contribution in [3.05, 3.63) is 15.6 Å². The first-order chi connectivity index (χ1) is 9.48. The van der Waals surface area contributed by atoms with Gasteiger partial charge in [0.25, 0.3) is 0 Å². The number of hydrogen-bond donors (Lipinski definition) is 1. The van der Waals surface area contributed by atoms with Crippen molar-refractivity contribution in [1.82, 2.24) is 10.3 Å². The molecule has 1 unspecified atom stereocenters. The first-order valence-corrected chi connectivity index (χ1v) is 7.96. The first-order valence-electron chi connectivity index (χ1n) is 7.15. The van der Waals surface area contributed by atoms with Crippen molar-refractivity contribution in [2.45, 2.75) is 58.9 Å². The number of carbonyl (C=O) groups is 1. The highest BCUT2D eigenvalue weighted by Crippen LogP contribution is 2.36. The molecule has 0 bridgehead atoms. The predicted molar refractivity (Wildman–Crippen MR) is 79.3 cm³/mol. The highest BCUT2D eigenvalue weighted by atomic mass is 32.1. The van der Waals surface area contributed by atoms with Crippen LogP contribution in [0.4, 0.5) is 0 Å². The lowest BCUT2D eigenvalue weighted by Gasteiger charge is -2.30. The van der Waals surface area contributed by atoms with Crippen molar-refractivity contribution in [2.24, 2.45) is 5.41 Å². The van der Waals surface area contributed by atoms with Crippen LogP contribution >= 0.6 is 11.3 Å². The maximum atomic E-state index is 12.5. The van der Waals surface area contributed by atoms with Gasteiger partial charge in [-0.15, -0.1) is 11.3 Å². The SMILES string of the molecule is Cc1nc(C)c(C(C)NC(=O)C2(C#N)CCCCC2)s1. The van der Waals surface area contributed by atoms with Gasteiger partial charge >= 0.3 is 0 Å². The van der Waals surface area contributed by atoms with Crippen LogP contribution in [0.15, 0.2) is 0 Å². The number of nitrogens with zero attached hydrogens (tertiary/aromatic N) is 2. The molecule has 108 valence electrons. The molecule has 1 aliphatic carbocycles. The summed E-state index contributed by atoms with van der Waals surface area (Å²) in [6.45, 7) is 5.89. The summed E-state index contributed by atoms with van der Waals surface area (Å²) in [4.78, 5) is 18.0. The molecule has 1 aromatic heterocycles. The van der Waals surface area contributed by atoms with Crippen LogP contribution in [0, 0.1) is 30.6 Å². The van der Waals surface area contributed by atoms with E-state index >= 15 is 0 Å². The van der Waals surface area contributed by atoms with Crippen molar-refractivity contribution in [1.29, 1.82) is 5.26 Å². The summed E-state index contributed by atoms with van der Waals surface area (Å²) in [7, 11) is 0. The van der Waals surface area contributed by atoms with Crippen LogP contribution in [0.3, 0.4) is 0 Å². The quantitative estimate of drug-likeness (QED) is 0.928. The van der Waals surface area contributed by atoms with Gasteiger partial charge in [0.1, 0.15) is 5.41 Å². The van der Waals surface area contributed by atoms with Crippen molar-refractivity contribution >= 4 is 17.2 Å². The number of aromatic nitrogens is 1. The fourth-order valence-electron chi connectivity index (χ4n) is 2.89. The van der Waals surface area contributed by atoms with E-state index in [2.05, 4.69) is 16.4 Å². The molecule has 2 rings (SSSR count). The Morgan fingerprint density at radius 1 is 1.40 bits per heavy atom. The molecule has 1 atom stereocenters. The van der Waals surface area contributed by atoms with E-state index in [1.165, 1.54) is 0 Å². The Balaban J connectivity index is 2.11. The summed E-state index contributed by atoms with van der Waals surface area (Å²) >= 11 is 1.61.